The van der Waals surface area contributed by atoms with Gasteiger partial charge in [0, 0.05) is 0 Å². The molecule has 6 aromatic rings. The monoisotopic (exact) mass is 1010 g/mol. The Balaban J connectivity index is 0.000000232. The molecule has 0 spiro atoms. The predicted molar refractivity (Wildman–Crippen MR) is 232 cm³/mol. The molecule has 0 saturated carbocycles. The molecule has 9 heteroatoms. The van der Waals surface area contributed by atoms with Crippen molar-refractivity contribution in [2.45, 2.75) is 117 Å². The van der Waals surface area contributed by atoms with Gasteiger partial charge in [-0.3, -0.25) is 0 Å². The van der Waals surface area contributed by atoms with Gasteiger partial charge in [-0.05, 0) is 21.7 Å². The average molecular weight is 1010 g/mol. The number of hydrogen-bond acceptors (Lipinski definition) is 0. The van der Waals surface area contributed by atoms with Gasteiger partial charge in [0.1, 0.15) is 0 Å². The summed E-state index contributed by atoms with van der Waals surface area (Å²) in [7, 11) is 12.0. The van der Waals surface area contributed by atoms with E-state index in [9.17, 15) is 26.3 Å². The molecular weight excluding hydrogens is 952 g/mol. The third-order valence-corrected chi connectivity index (χ3v) is 16.4. The van der Waals surface area contributed by atoms with Crippen LogP contribution in [-0.2, 0) is 52.6 Å². The zero-order valence-corrected chi connectivity index (χ0v) is 40.5. The number of fused-ring (bicyclic) bond motifs is 3. The SMILES string of the molecule is CC(C)(C)c1cc2[cH-]c3cc(C(C)(C)C)c(C(C)(C)C)cc3c2cc1C(C)(C)C.FC(F)(F)c1cccc([C](c2cccc(C(F)(F)F)c2)=[Hf]([Cl])[Cl])c1.c1cc[cH-]c1. The summed E-state index contributed by atoms with van der Waals surface area (Å²) >= 11 is -3.54. The molecule has 0 unspecified atom stereocenters. The van der Waals surface area contributed by atoms with Gasteiger partial charge in [-0.2, -0.15) is 18.2 Å². The molecule has 58 heavy (non-hydrogen) atoms. The fraction of sp³-hybridized carbons (Fsp3) is 0.367. The van der Waals surface area contributed by atoms with Crippen molar-refractivity contribution in [3.63, 3.8) is 0 Å². The molecule has 6 rings (SSSR count). The van der Waals surface area contributed by atoms with Gasteiger partial charge < -0.3 is 0 Å². The minimum absolute atomic E-state index is 0.0939. The van der Waals surface area contributed by atoms with Crippen LogP contribution in [0.1, 0.15) is 128 Å². The average Bonchev–Trinajstić information content (AvgIpc) is 3.77. The van der Waals surface area contributed by atoms with Crippen LogP contribution in [0.4, 0.5) is 26.3 Å². The van der Waals surface area contributed by atoms with Gasteiger partial charge in [-0.15, -0.1) is 39.7 Å². The molecule has 0 aliphatic carbocycles. The summed E-state index contributed by atoms with van der Waals surface area (Å²) in [5.41, 5.74) is 4.77. The van der Waals surface area contributed by atoms with Crippen molar-refractivity contribution in [1.29, 1.82) is 0 Å². The molecule has 0 aliphatic heterocycles. The quantitative estimate of drug-likeness (QED) is 0.0921. The summed E-state index contributed by atoms with van der Waals surface area (Å²) in [4.78, 5) is 0. The van der Waals surface area contributed by atoms with Crippen molar-refractivity contribution >= 4 is 42.0 Å². The van der Waals surface area contributed by atoms with E-state index in [4.69, 9.17) is 17.2 Å². The first-order chi connectivity index (χ1) is 26.4. The molecule has 0 aliphatic rings. The number of alkyl halides is 6. The van der Waals surface area contributed by atoms with E-state index in [1.165, 1.54) is 68.1 Å². The van der Waals surface area contributed by atoms with Crippen LogP contribution in [0, 0.1) is 0 Å². The molecule has 0 nitrogen and oxygen atoms in total. The maximum atomic E-state index is 12.8. The fourth-order valence-corrected chi connectivity index (χ4v) is 13.3. The van der Waals surface area contributed by atoms with Gasteiger partial charge in [0.25, 0.3) is 0 Å². The number of benzene rings is 4. The van der Waals surface area contributed by atoms with Crippen LogP contribution in [0.25, 0.3) is 21.5 Å². The summed E-state index contributed by atoms with van der Waals surface area (Å²) in [5, 5.41) is 5.57. The summed E-state index contributed by atoms with van der Waals surface area (Å²) in [5.74, 6) is 0. The van der Waals surface area contributed by atoms with Crippen molar-refractivity contribution in [2.24, 2.45) is 0 Å². The summed E-state index contributed by atoms with van der Waals surface area (Å²) in [6, 6.07) is 30.8. The van der Waals surface area contributed by atoms with Crippen LogP contribution in [-0.4, -0.2) is 3.26 Å². The molecule has 0 aromatic heterocycles. The van der Waals surface area contributed by atoms with Crippen LogP contribution in [0.2, 0.25) is 0 Å². The van der Waals surface area contributed by atoms with Crippen LogP contribution in [0.3, 0.4) is 0 Å². The standard InChI is InChI=1S/C29H41.C15H8F6.C5H5.2ClH.Hf/c1-26(2,3)22-14-18-13-19-15-23(27(4,5)6)25(29(10,11)12)17-21(19)20(18)16-24(22)28(7,8)9;16-14(17,18)12-5-1-3-10(8-12)7-11-4-2-6-13(9-11)15(19,20)21;1-2-4-5-3-1;;;/h13-17H,1-12H3;1-6,8-9H;1-5H;2*1H;/q-1;;-1;;;+2/p-2. The second-order valence-electron chi connectivity index (χ2n) is 18.9. The second kappa shape index (κ2) is 17.5. The zero-order chi connectivity index (χ0) is 43.8. The normalized spacial score (nSPS) is 12.8. The van der Waals surface area contributed by atoms with Gasteiger partial charge >= 0.3 is 148 Å². The van der Waals surface area contributed by atoms with Crippen molar-refractivity contribution < 1.29 is 44.9 Å². The van der Waals surface area contributed by atoms with E-state index in [1.54, 1.807) is 0 Å². The number of rotatable bonds is 2. The number of hydrogen-bond donors (Lipinski definition) is 0. The van der Waals surface area contributed by atoms with Crippen LogP contribution in [0.15, 0.2) is 109 Å². The Labute approximate surface area is 355 Å². The topological polar surface area (TPSA) is 0 Å². The van der Waals surface area contributed by atoms with E-state index in [0.717, 1.165) is 24.3 Å². The Bertz CT molecular complexity index is 2200. The van der Waals surface area contributed by atoms with Crippen molar-refractivity contribution in [3.05, 3.63) is 154 Å². The van der Waals surface area contributed by atoms with Gasteiger partial charge in [0.05, 0.1) is 0 Å². The molecule has 0 atom stereocenters. The molecule has 0 heterocycles. The first kappa shape index (κ1) is 47.7. The van der Waals surface area contributed by atoms with Crippen molar-refractivity contribution in [1.82, 2.24) is 0 Å². The van der Waals surface area contributed by atoms with Crippen LogP contribution >= 0.6 is 17.2 Å². The Morgan fingerprint density at radius 2 is 0.793 bits per heavy atom. The summed E-state index contributed by atoms with van der Waals surface area (Å²) < 4.78 is 77.3. The van der Waals surface area contributed by atoms with Crippen molar-refractivity contribution in [2.75, 3.05) is 0 Å². The smallest absolute Gasteiger partial charge is 0.172 e. The van der Waals surface area contributed by atoms with Gasteiger partial charge in [0.15, 0.2) is 0 Å². The van der Waals surface area contributed by atoms with Gasteiger partial charge in [0.2, 0.25) is 0 Å². The minimum atomic E-state index is -4.57. The molecule has 0 amide bonds. The Kier molecular flexibility index (Phi) is 14.4. The Hall–Kier alpha value is -3.00. The van der Waals surface area contributed by atoms with Gasteiger partial charge in [-0.25, -0.2) is 12.1 Å². The molecule has 0 radical (unpaired) electrons. The van der Waals surface area contributed by atoms with Crippen molar-refractivity contribution in [3.8, 4) is 0 Å². The predicted octanol–water partition coefficient (Wildman–Crippen LogP) is 16.5. The maximum Gasteiger partial charge on any atom is -0.172 e. The Morgan fingerprint density at radius 1 is 0.466 bits per heavy atom. The van der Waals surface area contributed by atoms with E-state index >= 15 is 0 Å². The zero-order valence-electron chi connectivity index (χ0n) is 35.4. The fourth-order valence-electron chi connectivity index (χ4n) is 7.00. The molecule has 0 bridgehead atoms. The third kappa shape index (κ3) is 11.8. The maximum absolute atomic E-state index is 12.8. The summed E-state index contributed by atoms with van der Waals surface area (Å²) in [6.07, 6.45) is -9.14. The molecule has 0 saturated heterocycles. The van der Waals surface area contributed by atoms with E-state index in [0.29, 0.717) is 0 Å². The first-order valence-corrected chi connectivity index (χ1v) is 29.9. The summed E-state index contributed by atoms with van der Waals surface area (Å²) in [6.45, 7) is 28.0. The van der Waals surface area contributed by atoms with E-state index < -0.39 is 42.1 Å². The minimum Gasteiger partial charge on any atom is -0.214 e. The van der Waals surface area contributed by atoms with E-state index in [2.05, 4.69) is 113 Å². The first-order valence-electron chi connectivity index (χ1n) is 19.2. The Morgan fingerprint density at radius 3 is 1.05 bits per heavy atom. The van der Waals surface area contributed by atoms with Crippen LogP contribution < -0.4 is 0 Å². The largest absolute Gasteiger partial charge is 0.214 e. The van der Waals surface area contributed by atoms with Crippen LogP contribution in [0.5, 0.6) is 0 Å². The van der Waals surface area contributed by atoms with E-state index in [-0.39, 0.29) is 36.0 Å². The second-order valence-corrected chi connectivity index (χ2v) is 30.3. The third-order valence-electron chi connectivity index (χ3n) is 9.91. The molecule has 0 fully saturated rings. The molecule has 0 N–H and O–H groups in total. The number of halogens is 8. The molecular formula is C49H54Cl2F6Hf-2. The molecule has 6 aromatic carbocycles. The van der Waals surface area contributed by atoms with Gasteiger partial charge in [-0.1, -0.05) is 117 Å². The molecule has 312 valence electrons. The van der Waals surface area contributed by atoms with E-state index in [1.807, 2.05) is 30.3 Å².